The van der Waals surface area contributed by atoms with E-state index in [4.69, 9.17) is 34.9 Å². The molecule has 0 spiro atoms. The number of amides is 1. The van der Waals surface area contributed by atoms with Gasteiger partial charge in [0, 0.05) is 36.2 Å². The van der Waals surface area contributed by atoms with Crippen LogP contribution in [0.1, 0.15) is 19.3 Å². The number of hydrogen-bond donors (Lipinski definition) is 6. The molecule has 40 heavy (non-hydrogen) atoms. The van der Waals surface area contributed by atoms with Crippen LogP contribution in [0.2, 0.25) is 0 Å². The topological polar surface area (TPSA) is 247 Å². The number of ether oxygens (including phenoxy) is 5. The summed E-state index contributed by atoms with van der Waals surface area (Å²) in [7, 11) is 0. The van der Waals surface area contributed by atoms with E-state index in [9.17, 15) is 25.2 Å². The lowest BCUT2D eigenvalue weighted by atomic mass is 10.1. The van der Waals surface area contributed by atoms with Gasteiger partial charge in [-0.2, -0.15) is 0 Å². The molecule has 17 heteroatoms. The molecular formula is C23H41N7O10. The van der Waals surface area contributed by atoms with Gasteiger partial charge in [-0.25, -0.2) is 4.99 Å². The summed E-state index contributed by atoms with van der Waals surface area (Å²) < 4.78 is 26.8. The molecule has 0 radical (unpaired) electrons. The molecule has 0 aromatic rings. The molecule has 0 aromatic carbocycles. The van der Waals surface area contributed by atoms with E-state index in [-0.39, 0.29) is 24.8 Å². The lowest BCUT2D eigenvalue weighted by Gasteiger charge is -2.34. The van der Waals surface area contributed by atoms with Crippen molar-refractivity contribution in [2.75, 3.05) is 72.6 Å². The largest absolute Gasteiger partial charge is 0.394 e. The van der Waals surface area contributed by atoms with Gasteiger partial charge in [0.05, 0.1) is 59.5 Å². The monoisotopic (exact) mass is 575 g/mol. The number of hydrogen-bond acceptors (Lipinski definition) is 14. The molecule has 3 unspecified atom stereocenters. The molecule has 228 valence electrons. The van der Waals surface area contributed by atoms with E-state index < -0.39 is 37.5 Å². The summed E-state index contributed by atoms with van der Waals surface area (Å²) in [6.45, 7) is 3.16. The van der Waals surface area contributed by atoms with Gasteiger partial charge in [0.1, 0.15) is 24.1 Å². The van der Waals surface area contributed by atoms with Crippen LogP contribution in [-0.4, -0.2) is 141 Å². The quantitative estimate of drug-likeness (QED) is 0.0374. The molecule has 0 aliphatic carbocycles. The third-order valence-electron chi connectivity index (χ3n) is 5.90. The smallest absolute Gasteiger partial charge is 0.229 e. The fourth-order valence-corrected chi connectivity index (χ4v) is 3.78. The highest BCUT2D eigenvalue weighted by Crippen LogP contribution is 2.28. The Bertz CT molecular complexity index is 858. The molecule has 2 aliphatic heterocycles. The highest BCUT2D eigenvalue weighted by Gasteiger charge is 2.46. The number of rotatable bonds is 21. The first kappa shape index (κ1) is 33.6. The average molecular weight is 576 g/mol. The van der Waals surface area contributed by atoms with Gasteiger partial charge in [0.2, 0.25) is 12.3 Å². The summed E-state index contributed by atoms with van der Waals surface area (Å²) in [5.74, 6) is -0.0456. The molecule has 2 aliphatic rings. The molecule has 7 N–H and O–H groups in total. The van der Waals surface area contributed by atoms with Crippen molar-refractivity contribution in [1.82, 2.24) is 10.2 Å². The maximum absolute atomic E-state index is 12.0. The molecule has 1 fully saturated rings. The minimum absolute atomic E-state index is 0.122. The number of amidine groups is 1. The summed E-state index contributed by atoms with van der Waals surface area (Å²) in [6, 6.07) is 0. The number of carbonyl (C=O) groups excluding carboxylic acids is 1. The van der Waals surface area contributed by atoms with Crippen molar-refractivity contribution in [3.8, 4) is 0 Å². The standard InChI is InChI=1S/C23H41N7O10/c24-21-16(14-30(23(35)28-21)22-20(34)19(33)17(15-31)40-22)2-1-4-26-18(32)3-6-36-8-10-38-12-13-39-11-9-37-7-5-27-29-25/h14,17,19-20,22-23,31,33-35H,1-13,15H2,(H2,24,28)(H,26,32)/t17-,19?,20?,22-,23?/m1/s1. The second kappa shape index (κ2) is 19.5. The van der Waals surface area contributed by atoms with Gasteiger partial charge in [-0.05, 0) is 18.4 Å². The Hall–Kier alpha value is -2.57. The lowest BCUT2D eigenvalue weighted by molar-refractivity contribution is -0.130. The number of nitrogens with zero attached hydrogens (tertiary/aromatic N) is 5. The fourth-order valence-electron chi connectivity index (χ4n) is 3.78. The summed E-state index contributed by atoms with van der Waals surface area (Å²) in [5, 5.41) is 45.9. The summed E-state index contributed by atoms with van der Waals surface area (Å²) in [4.78, 5) is 19.8. The third kappa shape index (κ3) is 11.9. The Morgan fingerprint density at radius 2 is 1.70 bits per heavy atom. The number of aliphatic imine (C=N–C) groups is 1. The Morgan fingerprint density at radius 1 is 1.07 bits per heavy atom. The van der Waals surface area contributed by atoms with Crippen molar-refractivity contribution in [3.05, 3.63) is 22.2 Å². The van der Waals surface area contributed by atoms with E-state index in [1.54, 1.807) is 0 Å². The first-order valence-electron chi connectivity index (χ1n) is 13.1. The van der Waals surface area contributed by atoms with Gasteiger partial charge in [0.25, 0.3) is 0 Å². The van der Waals surface area contributed by atoms with Crippen LogP contribution < -0.4 is 11.1 Å². The second-order valence-electron chi connectivity index (χ2n) is 8.80. The van der Waals surface area contributed by atoms with E-state index in [1.807, 2.05) is 0 Å². The predicted octanol–water partition coefficient (Wildman–Crippen LogP) is -2.08. The molecule has 5 atom stereocenters. The van der Waals surface area contributed by atoms with E-state index in [0.717, 1.165) is 0 Å². The molecule has 17 nitrogen and oxygen atoms in total. The van der Waals surface area contributed by atoms with E-state index in [1.165, 1.54) is 11.1 Å². The van der Waals surface area contributed by atoms with Crippen molar-refractivity contribution >= 4 is 11.7 Å². The molecular weight excluding hydrogens is 534 g/mol. The summed E-state index contributed by atoms with van der Waals surface area (Å²) in [6.07, 6.45) is -3.53. The SMILES string of the molecule is [N-]=[N+]=NCCOCCOCCOCCOCCC(=O)NCCCC1=CN([C@@H]2O[C@H](CO)C(O)C2O)C(O)N=C1N. The van der Waals surface area contributed by atoms with Crippen LogP contribution in [0.5, 0.6) is 0 Å². The molecule has 0 saturated carbocycles. The first-order valence-corrected chi connectivity index (χ1v) is 13.1. The van der Waals surface area contributed by atoms with Crippen LogP contribution in [0, 0.1) is 0 Å². The Morgan fingerprint density at radius 3 is 2.30 bits per heavy atom. The fraction of sp³-hybridized carbons (Fsp3) is 0.826. The Kier molecular flexibility index (Phi) is 16.4. The van der Waals surface area contributed by atoms with Crippen molar-refractivity contribution in [2.45, 2.75) is 50.2 Å². The molecule has 0 bridgehead atoms. The third-order valence-corrected chi connectivity index (χ3v) is 5.90. The minimum atomic E-state index is -1.42. The Balaban J connectivity index is 1.50. The van der Waals surface area contributed by atoms with Crippen molar-refractivity contribution in [2.24, 2.45) is 15.8 Å². The highest BCUT2D eigenvalue weighted by molar-refractivity contribution is 5.97. The number of nitrogens with two attached hydrogens (primary N) is 1. The number of aliphatic hydroxyl groups excluding tert-OH is 4. The van der Waals surface area contributed by atoms with E-state index >= 15 is 0 Å². The van der Waals surface area contributed by atoms with Crippen molar-refractivity contribution in [1.29, 1.82) is 0 Å². The summed E-state index contributed by atoms with van der Waals surface area (Å²) in [5.41, 5.74) is 14.6. The van der Waals surface area contributed by atoms with E-state index in [0.29, 0.717) is 77.8 Å². The van der Waals surface area contributed by atoms with Gasteiger partial charge in [-0.1, -0.05) is 5.11 Å². The zero-order valence-corrected chi connectivity index (χ0v) is 22.4. The zero-order chi connectivity index (χ0) is 29.2. The van der Waals surface area contributed by atoms with Crippen LogP contribution in [-0.2, 0) is 28.5 Å². The molecule has 1 amide bonds. The predicted molar refractivity (Wildman–Crippen MR) is 139 cm³/mol. The molecule has 0 aromatic heterocycles. The van der Waals surface area contributed by atoms with Crippen LogP contribution in [0.3, 0.4) is 0 Å². The van der Waals surface area contributed by atoms with Crippen LogP contribution in [0.25, 0.3) is 10.4 Å². The Labute approximate surface area is 232 Å². The second-order valence-corrected chi connectivity index (χ2v) is 8.80. The molecule has 1 saturated heterocycles. The van der Waals surface area contributed by atoms with Crippen LogP contribution in [0.15, 0.2) is 21.9 Å². The normalized spacial score (nSPS) is 24.4. The molecule has 2 heterocycles. The highest BCUT2D eigenvalue weighted by atomic mass is 16.6. The number of azide groups is 1. The number of carbonyl (C=O) groups is 1. The zero-order valence-electron chi connectivity index (χ0n) is 22.4. The number of aliphatic hydroxyl groups is 4. The van der Waals surface area contributed by atoms with Gasteiger partial charge in [-0.3, -0.25) is 4.79 Å². The average Bonchev–Trinajstić information content (AvgIpc) is 3.22. The van der Waals surface area contributed by atoms with Crippen LogP contribution >= 0.6 is 0 Å². The van der Waals surface area contributed by atoms with Crippen molar-refractivity contribution < 1.29 is 48.9 Å². The van der Waals surface area contributed by atoms with Crippen LogP contribution in [0.4, 0.5) is 0 Å². The summed E-state index contributed by atoms with van der Waals surface area (Å²) >= 11 is 0. The maximum Gasteiger partial charge on any atom is 0.229 e. The maximum atomic E-state index is 12.0. The first-order chi connectivity index (χ1) is 19.4. The van der Waals surface area contributed by atoms with Gasteiger partial charge in [-0.15, -0.1) is 0 Å². The molecule has 2 rings (SSSR count). The van der Waals surface area contributed by atoms with Crippen molar-refractivity contribution in [3.63, 3.8) is 0 Å². The van der Waals surface area contributed by atoms with E-state index in [2.05, 4.69) is 20.3 Å². The van der Waals surface area contributed by atoms with Gasteiger partial charge >= 0.3 is 0 Å². The minimum Gasteiger partial charge on any atom is -0.394 e. The van der Waals surface area contributed by atoms with Gasteiger partial charge in [0.15, 0.2) is 6.23 Å². The number of nitrogens with one attached hydrogen (secondary N) is 1. The lowest BCUT2D eigenvalue weighted by Crippen LogP contribution is -2.48. The van der Waals surface area contributed by atoms with Gasteiger partial charge < -0.3 is 60.1 Å².